The lowest BCUT2D eigenvalue weighted by atomic mass is 9.85. The highest BCUT2D eigenvalue weighted by Crippen LogP contribution is 2.29. The summed E-state index contributed by atoms with van der Waals surface area (Å²) >= 11 is 0. The summed E-state index contributed by atoms with van der Waals surface area (Å²) in [6, 6.07) is 11.1. The number of nitrogens with zero attached hydrogens (tertiary/aromatic N) is 3. The van der Waals surface area contributed by atoms with Crippen LogP contribution in [0.2, 0.25) is 0 Å². The van der Waals surface area contributed by atoms with Crippen LogP contribution >= 0.6 is 0 Å². The first-order valence-corrected chi connectivity index (χ1v) is 11.3. The second-order valence-electron chi connectivity index (χ2n) is 8.79. The molecule has 2 unspecified atom stereocenters. The highest BCUT2D eigenvalue weighted by molar-refractivity contribution is 5.80. The number of ether oxygens (including phenoxy) is 1. The number of rotatable bonds is 5. The van der Waals surface area contributed by atoms with Crippen molar-refractivity contribution in [3.05, 3.63) is 35.9 Å². The van der Waals surface area contributed by atoms with E-state index in [2.05, 4.69) is 52.4 Å². The van der Waals surface area contributed by atoms with E-state index in [0.717, 1.165) is 71.0 Å². The molecule has 0 aromatic heterocycles. The van der Waals surface area contributed by atoms with Crippen molar-refractivity contribution < 1.29 is 9.84 Å². The van der Waals surface area contributed by atoms with Crippen LogP contribution in [0, 0.1) is 0 Å². The quantitative estimate of drug-likeness (QED) is 0.586. The summed E-state index contributed by atoms with van der Waals surface area (Å²) in [7, 11) is 0. The fourth-order valence-electron chi connectivity index (χ4n) is 4.96. The standard InChI is InChI=1S/C23H36N4O2/c1-2-24-22(25-18-23(28)11-7-4-8-12-23)27-16-20-21(17-27)29-14-13-26(20)15-19-9-5-3-6-10-19/h3,5-6,9-10,20-21,28H,2,4,7-8,11-18H2,1H3,(H,24,25). The second-order valence-corrected chi connectivity index (χ2v) is 8.79. The summed E-state index contributed by atoms with van der Waals surface area (Å²) in [6.45, 7) is 7.93. The molecule has 0 spiro atoms. The average molecular weight is 401 g/mol. The predicted octanol–water partition coefficient (Wildman–Crippen LogP) is 2.23. The number of hydrogen-bond acceptors (Lipinski definition) is 4. The molecule has 3 fully saturated rings. The van der Waals surface area contributed by atoms with Crippen LogP contribution in [-0.4, -0.2) is 77.9 Å². The molecule has 2 aliphatic heterocycles. The fraction of sp³-hybridized carbons (Fsp3) is 0.696. The van der Waals surface area contributed by atoms with E-state index in [-0.39, 0.29) is 6.10 Å². The molecule has 4 rings (SSSR count). The summed E-state index contributed by atoms with van der Waals surface area (Å²) < 4.78 is 6.13. The molecule has 2 atom stereocenters. The first-order chi connectivity index (χ1) is 14.2. The van der Waals surface area contributed by atoms with Crippen molar-refractivity contribution in [2.45, 2.75) is 63.3 Å². The van der Waals surface area contributed by atoms with Crippen molar-refractivity contribution in [2.24, 2.45) is 4.99 Å². The van der Waals surface area contributed by atoms with E-state index in [1.807, 2.05) is 0 Å². The van der Waals surface area contributed by atoms with Crippen molar-refractivity contribution in [3.8, 4) is 0 Å². The van der Waals surface area contributed by atoms with Gasteiger partial charge in [0.15, 0.2) is 5.96 Å². The van der Waals surface area contributed by atoms with Gasteiger partial charge in [-0.3, -0.25) is 9.89 Å². The molecule has 2 N–H and O–H groups in total. The lowest BCUT2D eigenvalue weighted by Gasteiger charge is -2.36. The number of aliphatic hydroxyl groups is 1. The molecule has 2 heterocycles. The summed E-state index contributed by atoms with van der Waals surface area (Å²) in [4.78, 5) is 9.75. The molecule has 3 aliphatic rings. The SMILES string of the molecule is CCNC(=NCC1(O)CCCCC1)N1CC2OCCN(Cc3ccccc3)C2C1. The smallest absolute Gasteiger partial charge is 0.194 e. The zero-order chi connectivity index (χ0) is 20.1. The Hall–Kier alpha value is -1.63. The highest BCUT2D eigenvalue weighted by atomic mass is 16.5. The molecule has 0 radical (unpaired) electrons. The monoisotopic (exact) mass is 400 g/mol. The van der Waals surface area contributed by atoms with Crippen molar-refractivity contribution >= 4 is 5.96 Å². The van der Waals surface area contributed by atoms with Crippen LogP contribution in [0.4, 0.5) is 0 Å². The number of morpholine rings is 1. The maximum absolute atomic E-state index is 10.9. The Morgan fingerprint density at radius 1 is 1.21 bits per heavy atom. The van der Waals surface area contributed by atoms with Gasteiger partial charge < -0.3 is 20.1 Å². The van der Waals surface area contributed by atoms with Gasteiger partial charge in [0.05, 0.1) is 30.9 Å². The van der Waals surface area contributed by atoms with Crippen LogP contribution < -0.4 is 5.32 Å². The highest BCUT2D eigenvalue weighted by Gasteiger charge is 2.41. The van der Waals surface area contributed by atoms with Crippen LogP contribution in [0.1, 0.15) is 44.6 Å². The van der Waals surface area contributed by atoms with E-state index in [1.165, 1.54) is 12.0 Å². The van der Waals surface area contributed by atoms with Crippen molar-refractivity contribution in [1.29, 1.82) is 0 Å². The minimum absolute atomic E-state index is 0.217. The molecule has 29 heavy (non-hydrogen) atoms. The Balaban J connectivity index is 1.43. The van der Waals surface area contributed by atoms with Gasteiger partial charge in [0.25, 0.3) is 0 Å². The molecule has 1 aromatic rings. The van der Waals surface area contributed by atoms with Gasteiger partial charge in [-0.2, -0.15) is 0 Å². The first-order valence-electron chi connectivity index (χ1n) is 11.3. The van der Waals surface area contributed by atoms with E-state index in [0.29, 0.717) is 12.6 Å². The van der Waals surface area contributed by atoms with Crippen LogP contribution in [0.25, 0.3) is 0 Å². The van der Waals surface area contributed by atoms with Gasteiger partial charge in [-0.05, 0) is 25.3 Å². The first kappa shape index (κ1) is 20.6. The van der Waals surface area contributed by atoms with Crippen LogP contribution in [0.5, 0.6) is 0 Å². The summed E-state index contributed by atoms with van der Waals surface area (Å²) in [6.07, 6.45) is 5.41. The van der Waals surface area contributed by atoms with Gasteiger partial charge in [-0.15, -0.1) is 0 Å². The largest absolute Gasteiger partial charge is 0.388 e. The van der Waals surface area contributed by atoms with E-state index < -0.39 is 5.60 Å². The molecule has 1 aromatic carbocycles. The topological polar surface area (TPSA) is 60.3 Å². The number of hydrogen-bond donors (Lipinski definition) is 2. The van der Waals surface area contributed by atoms with Crippen LogP contribution in [0.15, 0.2) is 35.3 Å². The predicted molar refractivity (Wildman–Crippen MR) is 116 cm³/mol. The lowest BCUT2D eigenvalue weighted by Crippen LogP contribution is -2.50. The minimum atomic E-state index is -0.624. The maximum atomic E-state index is 10.9. The average Bonchev–Trinajstić information content (AvgIpc) is 3.18. The Morgan fingerprint density at radius 3 is 2.76 bits per heavy atom. The second kappa shape index (κ2) is 9.45. The molecule has 160 valence electrons. The van der Waals surface area contributed by atoms with Gasteiger partial charge >= 0.3 is 0 Å². The number of likely N-dealkylation sites (tertiary alicyclic amines) is 1. The van der Waals surface area contributed by atoms with Gasteiger partial charge in [0.2, 0.25) is 0 Å². The van der Waals surface area contributed by atoms with Gasteiger partial charge in [0, 0.05) is 32.7 Å². The zero-order valence-corrected chi connectivity index (χ0v) is 17.7. The van der Waals surface area contributed by atoms with E-state index in [1.54, 1.807) is 0 Å². The number of aliphatic imine (C=N–C) groups is 1. The Bertz CT molecular complexity index is 675. The van der Waals surface area contributed by atoms with Crippen molar-refractivity contribution in [3.63, 3.8) is 0 Å². The summed E-state index contributed by atoms with van der Waals surface area (Å²) in [5.74, 6) is 0.921. The van der Waals surface area contributed by atoms with Crippen LogP contribution in [-0.2, 0) is 11.3 Å². The Morgan fingerprint density at radius 2 is 2.00 bits per heavy atom. The molecule has 0 amide bonds. The third-order valence-corrected chi connectivity index (χ3v) is 6.59. The number of guanidine groups is 1. The fourth-order valence-corrected chi connectivity index (χ4v) is 4.96. The van der Waals surface area contributed by atoms with Gasteiger partial charge in [-0.1, -0.05) is 49.6 Å². The van der Waals surface area contributed by atoms with E-state index in [4.69, 9.17) is 9.73 Å². The molecule has 1 aliphatic carbocycles. The number of fused-ring (bicyclic) bond motifs is 1. The molecular formula is C23H36N4O2. The lowest BCUT2D eigenvalue weighted by molar-refractivity contribution is -0.0502. The van der Waals surface area contributed by atoms with Crippen molar-refractivity contribution in [1.82, 2.24) is 15.1 Å². The normalized spacial score (nSPS) is 27.7. The van der Waals surface area contributed by atoms with Gasteiger partial charge in [-0.25, -0.2) is 0 Å². The molecule has 6 heteroatoms. The van der Waals surface area contributed by atoms with E-state index in [9.17, 15) is 5.11 Å². The number of nitrogens with one attached hydrogen (secondary N) is 1. The molecule has 2 saturated heterocycles. The molecular weight excluding hydrogens is 364 g/mol. The molecule has 1 saturated carbocycles. The van der Waals surface area contributed by atoms with E-state index >= 15 is 0 Å². The minimum Gasteiger partial charge on any atom is -0.388 e. The maximum Gasteiger partial charge on any atom is 0.194 e. The van der Waals surface area contributed by atoms with Crippen molar-refractivity contribution in [2.75, 3.05) is 39.3 Å². The summed E-state index contributed by atoms with van der Waals surface area (Å²) in [5.41, 5.74) is 0.730. The van der Waals surface area contributed by atoms with Gasteiger partial charge in [0.1, 0.15) is 0 Å². The Labute approximate surface area is 174 Å². The van der Waals surface area contributed by atoms with Crippen LogP contribution in [0.3, 0.4) is 0 Å². The third kappa shape index (κ3) is 5.11. The summed E-state index contributed by atoms with van der Waals surface area (Å²) in [5, 5.41) is 14.3. The third-order valence-electron chi connectivity index (χ3n) is 6.59. The number of benzene rings is 1. The Kier molecular flexibility index (Phi) is 6.73. The zero-order valence-electron chi connectivity index (χ0n) is 17.7. The molecule has 0 bridgehead atoms. The molecule has 6 nitrogen and oxygen atoms in total.